The zero-order valence-corrected chi connectivity index (χ0v) is 14.4. The van der Waals surface area contributed by atoms with E-state index in [9.17, 15) is 19.5 Å². The fraction of sp³-hybridized carbons (Fsp3) is 0.389. The van der Waals surface area contributed by atoms with Gasteiger partial charge in [0.25, 0.3) is 0 Å². The van der Waals surface area contributed by atoms with Crippen molar-refractivity contribution >= 4 is 17.7 Å². The number of hydrogen-bond acceptors (Lipinski definition) is 5. The number of aryl methyl sites for hydroxylation is 1. The van der Waals surface area contributed by atoms with Crippen molar-refractivity contribution in [3.8, 4) is 12.3 Å². The molecular formula is C18H24N4O4. The number of hydrogen-bond donors (Lipinski definition) is 5. The third kappa shape index (κ3) is 6.20. The predicted molar refractivity (Wildman–Crippen MR) is 96.1 cm³/mol. The van der Waals surface area contributed by atoms with E-state index in [0.717, 1.165) is 0 Å². The standard InChI is InChI=1S/C12H13N.C6H11N3O4/c1-2-9-13-12-8-7-10-5-3-4-6-11(10)12;7-3(10)1-6(13,5(9)12)2-4(8)11/h1,3-6,12-13H,7-9H2;13H,1-2H2,(H2,7,10)(H2,8,11)(H2,9,12)/t12-;/m1./s1. The average molecular weight is 360 g/mol. The maximum absolute atomic E-state index is 10.6. The Balaban J connectivity index is 0.000000260. The Labute approximate surface area is 152 Å². The lowest BCUT2D eigenvalue weighted by Crippen LogP contribution is -2.49. The van der Waals surface area contributed by atoms with Crippen LogP contribution in [0.1, 0.15) is 36.4 Å². The first kappa shape index (κ1) is 21.2. The molecule has 0 aromatic heterocycles. The van der Waals surface area contributed by atoms with Crippen molar-refractivity contribution in [1.82, 2.24) is 5.32 Å². The Kier molecular flexibility index (Phi) is 7.77. The topological polar surface area (TPSA) is 162 Å². The van der Waals surface area contributed by atoms with Crippen molar-refractivity contribution < 1.29 is 19.5 Å². The van der Waals surface area contributed by atoms with Crippen LogP contribution in [0, 0.1) is 12.3 Å². The molecule has 0 saturated heterocycles. The summed E-state index contributed by atoms with van der Waals surface area (Å²) in [6.45, 7) is 0.666. The number of carbonyl (C=O) groups is 3. The summed E-state index contributed by atoms with van der Waals surface area (Å²) < 4.78 is 0. The second-order valence-electron chi connectivity index (χ2n) is 6.06. The molecule has 0 saturated carbocycles. The molecule has 0 bridgehead atoms. The molecule has 0 fully saturated rings. The van der Waals surface area contributed by atoms with Crippen molar-refractivity contribution in [2.75, 3.05) is 6.54 Å². The Morgan fingerprint density at radius 2 is 1.77 bits per heavy atom. The second-order valence-corrected chi connectivity index (χ2v) is 6.06. The molecule has 0 spiro atoms. The lowest BCUT2D eigenvalue weighted by Gasteiger charge is -2.20. The predicted octanol–water partition coefficient (Wildman–Crippen LogP) is -1.15. The van der Waals surface area contributed by atoms with E-state index in [0.29, 0.717) is 12.6 Å². The number of terminal acetylenes is 1. The molecule has 3 amide bonds. The number of carbonyl (C=O) groups excluding carboxylic acids is 3. The van der Waals surface area contributed by atoms with E-state index in [-0.39, 0.29) is 0 Å². The monoisotopic (exact) mass is 360 g/mol. The molecule has 1 aromatic rings. The summed E-state index contributed by atoms with van der Waals surface area (Å²) in [5.74, 6) is -0.473. The van der Waals surface area contributed by atoms with Gasteiger partial charge in [0, 0.05) is 6.04 Å². The van der Waals surface area contributed by atoms with Gasteiger partial charge in [0.2, 0.25) is 17.7 Å². The number of amides is 3. The zero-order valence-electron chi connectivity index (χ0n) is 14.4. The van der Waals surface area contributed by atoms with Gasteiger partial charge in [-0.1, -0.05) is 30.2 Å². The van der Waals surface area contributed by atoms with Crippen molar-refractivity contribution in [1.29, 1.82) is 0 Å². The highest BCUT2D eigenvalue weighted by Crippen LogP contribution is 2.30. The summed E-state index contributed by atoms with van der Waals surface area (Å²) in [5.41, 5.74) is 14.9. The summed E-state index contributed by atoms with van der Waals surface area (Å²) in [5, 5.41) is 12.7. The van der Waals surface area contributed by atoms with Gasteiger partial charge in [-0.05, 0) is 24.0 Å². The van der Waals surface area contributed by atoms with Gasteiger partial charge >= 0.3 is 0 Å². The number of primary amides is 3. The van der Waals surface area contributed by atoms with Gasteiger partial charge in [-0.2, -0.15) is 0 Å². The summed E-state index contributed by atoms with van der Waals surface area (Å²) in [6.07, 6.45) is 6.14. The minimum Gasteiger partial charge on any atom is -0.379 e. The molecule has 0 radical (unpaired) electrons. The Morgan fingerprint density at radius 1 is 1.19 bits per heavy atom. The lowest BCUT2D eigenvalue weighted by molar-refractivity contribution is -0.145. The molecule has 140 valence electrons. The first-order chi connectivity index (χ1) is 12.2. The van der Waals surface area contributed by atoms with Crippen LogP contribution >= 0.6 is 0 Å². The number of nitrogens with one attached hydrogen (secondary N) is 1. The van der Waals surface area contributed by atoms with Crippen molar-refractivity contribution in [2.45, 2.75) is 37.3 Å². The molecule has 8 nitrogen and oxygen atoms in total. The molecule has 2 rings (SSSR count). The molecular weight excluding hydrogens is 336 g/mol. The molecule has 1 aliphatic carbocycles. The van der Waals surface area contributed by atoms with Gasteiger partial charge in [-0.3, -0.25) is 19.7 Å². The number of fused-ring (bicyclic) bond motifs is 1. The Bertz CT molecular complexity index is 695. The smallest absolute Gasteiger partial charge is 0.250 e. The van der Waals surface area contributed by atoms with Gasteiger partial charge < -0.3 is 22.3 Å². The van der Waals surface area contributed by atoms with Gasteiger partial charge in [0.1, 0.15) is 0 Å². The van der Waals surface area contributed by atoms with Gasteiger partial charge in [-0.15, -0.1) is 6.42 Å². The minimum atomic E-state index is -2.27. The maximum atomic E-state index is 10.6. The van der Waals surface area contributed by atoms with Gasteiger partial charge in [-0.25, -0.2) is 0 Å². The molecule has 1 aliphatic rings. The van der Waals surface area contributed by atoms with Crippen LogP contribution < -0.4 is 22.5 Å². The van der Waals surface area contributed by atoms with Gasteiger partial charge in [0.05, 0.1) is 19.4 Å². The fourth-order valence-corrected chi connectivity index (χ4v) is 2.76. The molecule has 1 atom stereocenters. The molecule has 0 heterocycles. The van der Waals surface area contributed by atoms with Crippen LogP contribution in [0.2, 0.25) is 0 Å². The van der Waals surface area contributed by atoms with Crippen molar-refractivity contribution in [3.05, 3.63) is 35.4 Å². The molecule has 26 heavy (non-hydrogen) atoms. The third-order valence-corrected chi connectivity index (χ3v) is 3.98. The first-order valence-electron chi connectivity index (χ1n) is 8.03. The maximum Gasteiger partial charge on any atom is 0.250 e. The summed E-state index contributed by atoms with van der Waals surface area (Å²) in [7, 11) is 0. The third-order valence-electron chi connectivity index (χ3n) is 3.98. The zero-order chi connectivity index (χ0) is 19.7. The number of rotatable bonds is 7. The van der Waals surface area contributed by atoms with Crippen molar-refractivity contribution in [3.63, 3.8) is 0 Å². The average Bonchev–Trinajstić information content (AvgIpc) is 2.95. The highest BCUT2D eigenvalue weighted by molar-refractivity contribution is 5.93. The van der Waals surface area contributed by atoms with Crippen LogP contribution in [0.4, 0.5) is 0 Å². The van der Waals surface area contributed by atoms with Crippen LogP contribution in [-0.2, 0) is 20.8 Å². The highest BCUT2D eigenvalue weighted by atomic mass is 16.3. The van der Waals surface area contributed by atoms with E-state index in [1.165, 1.54) is 24.0 Å². The van der Waals surface area contributed by atoms with Crippen molar-refractivity contribution in [2.24, 2.45) is 17.2 Å². The van der Waals surface area contributed by atoms with Crippen LogP contribution in [0.15, 0.2) is 24.3 Å². The van der Waals surface area contributed by atoms with Crippen LogP contribution in [-0.4, -0.2) is 35.0 Å². The molecule has 0 unspecified atom stereocenters. The quantitative estimate of drug-likeness (QED) is 0.387. The second kappa shape index (κ2) is 9.56. The highest BCUT2D eigenvalue weighted by Gasteiger charge is 2.37. The normalized spacial score (nSPS) is 15.2. The number of aliphatic hydroxyl groups is 1. The number of nitrogens with two attached hydrogens (primary N) is 3. The van der Waals surface area contributed by atoms with E-state index < -0.39 is 36.2 Å². The lowest BCUT2D eigenvalue weighted by atomic mass is 9.94. The van der Waals surface area contributed by atoms with Crippen LogP contribution in [0.25, 0.3) is 0 Å². The summed E-state index contributed by atoms with van der Waals surface area (Å²) in [4.78, 5) is 31.5. The summed E-state index contributed by atoms with van der Waals surface area (Å²) in [6, 6.07) is 9.06. The minimum absolute atomic E-state index is 0.479. The molecule has 8 N–H and O–H groups in total. The molecule has 1 aromatic carbocycles. The fourth-order valence-electron chi connectivity index (χ4n) is 2.76. The number of benzene rings is 1. The first-order valence-corrected chi connectivity index (χ1v) is 8.03. The summed E-state index contributed by atoms with van der Waals surface area (Å²) >= 11 is 0. The van der Waals surface area contributed by atoms with E-state index in [4.69, 9.17) is 23.6 Å². The SMILES string of the molecule is C#CCN[C@@H]1CCc2ccccc21.NC(=O)CC(O)(CC(N)=O)C(N)=O. The Hall–Kier alpha value is -2.89. The molecule has 8 heteroatoms. The Morgan fingerprint density at radius 3 is 2.27 bits per heavy atom. The van der Waals surface area contributed by atoms with Crippen LogP contribution in [0.3, 0.4) is 0 Å². The van der Waals surface area contributed by atoms with E-state index in [2.05, 4.69) is 35.5 Å². The van der Waals surface area contributed by atoms with E-state index in [1.54, 1.807) is 0 Å². The van der Waals surface area contributed by atoms with Crippen LogP contribution in [0.5, 0.6) is 0 Å². The molecule has 0 aliphatic heterocycles. The van der Waals surface area contributed by atoms with Gasteiger partial charge in [0.15, 0.2) is 5.60 Å². The van der Waals surface area contributed by atoms with E-state index in [1.807, 2.05) is 0 Å². The van der Waals surface area contributed by atoms with E-state index >= 15 is 0 Å². The largest absolute Gasteiger partial charge is 0.379 e.